The molecule has 0 spiro atoms. The Hall–Kier alpha value is -5.34. The second-order valence-electron chi connectivity index (χ2n) is 7.01. The van der Waals surface area contributed by atoms with Gasteiger partial charge in [-0.15, -0.1) is 0 Å². The molecule has 0 aliphatic heterocycles. The van der Waals surface area contributed by atoms with Gasteiger partial charge in [0.05, 0.1) is 40.0 Å². The van der Waals surface area contributed by atoms with Crippen LogP contribution in [-0.2, 0) is 0 Å². The molecule has 1 N–H and O–H groups in total. The highest BCUT2D eigenvalue weighted by Gasteiger charge is 2.24. The highest BCUT2D eigenvalue weighted by molar-refractivity contribution is 5.55. The molecule has 0 aromatic heterocycles. The summed E-state index contributed by atoms with van der Waals surface area (Å²) in [5.41, 5.74) is 0.109. The number of hydrogen-bond donors (Lipinski definition) is 1. The van der Waals surface area contributed by atoms with Crippen LogP contribution in [0.1, 0.15) is 11.1 Å². The Labute approximate surface area is 209 Å². The van der Waals surface area contributed by atoms with Crippen molar-refractivity contribution in [2.75, 3.05) is 14.2 Å². The molecule has 0 aliphatic carbocycles. The van der Waals surface area contributed by atoms with E-state index in [0.29, 0.717) is 16.9 Å². The molecule has 15 nitrogen and oxygen atoms in total. The van der Waals surface area contributed by atoms with Crippen LogP contribution >= 0.6 is 0 Å². The maximum absolute atomic E-state index is 10.4. The SMILES string of the molecule is COc1ccc([N+](=O)[O-])c(C)c1.COc1ccc([N+](=O)[O-])c([N+](=O)[O-])c1.Cc1cc(O)ccc1[N+](=O)[O-]. The van der Waals surface area contributed by atoms with Crippen molar-refractivity contribution >= 4 is 22.7 Å². The molecule has 0 saturated heterocycles. The quantitative estimate of drug-likeness (QED) is 0.337. The van der Waals surface area contributed by atoms with E-state index in [1.165, 1.54) is 44.6 Å². The maximum Gasteiger partial charge on any atom is 0.349 e. The van der Waals surface area contributed by atoms with Crippen molar-refractivity contribution in [1.29, 1.82) is 0 Å². The van der Waals surface area contributed by atoms with Crippen molar-refractivity contribution in [3.8, 4) is 17.2 Å². The van der Waals surface area contributed by atoms with Crippen LogP contribution in [0.15, 0.2) is 54.6 Å². The summed E-state index contributed by atoms with van der Waals surface area (Å²) in [5.74, 6) is 0.897. The van der Waals surface area contributed by atoms with Crippen molar-refractivity contribution in [2.45, 2.75) is 13.8 Å². The lowest BCUT2D eigenvalue weighted by atomic mass is 10.2. The van der Waals surface area contributed by atoms with Gasteiger partial charge < -0.3 is 14.6 Å². The standard InChI is InChI=1S/C8H9NO3.C7H6N2O5.C7H7NO3/c1-6-5-7(12-2)3-4-8(6)9(10)11;1-14-5-2-3-6(8(10)11)7(4-5)9(12)13;1-5-4-6(9)2-3-7(5)8(10)11/h3-5H,1-2H3;2-4H,1H3;2-4,9H,1H3. The zero-order valence-electron chi connectivity index (χ0n) is 20.0. The minimum absolute atomic E-state index is 0.0304. The zero-order valence-corrected chi connectivity index (χ0v) is 20.0. The van der Waals surface area contributed by atoms with Crippen LogP contribution in [0.2, 0.25) is 0 Å². The van der Waals surface area contributed by atoms with Gasteiger partial charge in [0.1, 0.15) is 17.2 Å². The molecule has 3 rings (SSSR count). The molecule has 0 bridgehead atoms. The molecule has 0 radical (unpaired) electrons. The summed E-state index contributed by atoms with van der Waals surface area (Å²) in [6.07, 6.45) is 0. The van der Waals surface area contributed by atoms with Gasteiger partial charge in [0, 0.05) is 29.3 Å². The van der Waals surface area contributed by atoms with Gasteiger partial charge in [0.25, 0.3) is 11.4 Å². The zero-order chi connectivity index (χ0) is 28.3. The van der Waals surface area contributed by atoms with Crippen LogP contribution in [0.5, 0.6) is 17.2 Å². The summed E-state index contributed by atoms with van der Waals surface area (Å²) in [6.45, 7) is 3.26. The highest BCUT2D eigenvalue weighted by Crippen LogP contribution is 2.30. The Kier molecular flexibility index (Phi) is 10.9. The molecule has 15 heteroatoms. The van der Waals surface area contributed by atoms with E-state index in [0.717, 1.165) is 12.1 Å². The Balaban J connectivity index is 0.000000280. The molecular weight excluding hydrogens is 496 g/mol. The maximum atomic E-state index is 10.4. The number of nitro groups is 4. The van der Waals surface area contributed by atoms with E-state index < -0.39 is 31.1 Å². The van der Waals surface area contributed by atoms with Gasteiger partial charge in [0.2, 0.25) is 0 Å². The number of hydrogen-bond acceptors (Lipinski definition) is 11. The molecule has 0 amide bonds. The van der Waals surface area contributed by atoms with E-state index in [4.69, 9.17) is 14.6 Å². The average molecular weight is 518 g/mol. The van der Waals surface area contributed by atoms with Crippen LogP contribution < -0.4 is 9.47 Å². The van der Waals surface area contributed by atoms with Gasteiger partial charge in [-0.1, -0.05) is 0 Å². The summed E-state index contributed by atoms with van der Waals surface area (Å²) in [6, 6.07) is 11.9. The van der Waals surface area contributed by atoms with Crippen LogP contribution in [-0.4, -0.2) is 39.0 Å². The first-order chi connectivity index (χ1) is 17.3. The number of nitrogens with zero attached hydrogens (tertiary/aromatic N) is 4. The lowest BCUT2D eigenvalue weighted by Gasteiger charge is -2.00. The predicted molar refractivity (Wildman–Crippen MR) is 130 cm³/mol. The Bertz CT molecular complexity index is 1310. The first-order valence-corrected chi connectivity index (χ1v) is 10.0. The molecule has 0 aliphatic rings. The molecule has 37 heavy (non-hydrogen) atoms. The second-order valence-corrected chi connectivity index (χ2v) is 7.01. The number of benzene rings is 3. The van der Waals surface area contributed by atoms with Gasteiger partial charge >= 0.3 is 11.4 Å². The molecule has 0 saturated carbocycles. The molecule has 0 heterocycles. The van der Waals surface area contributed by atoms with Crippen LogP contribution in [0, 0.1) is 54.3 Å². The molecule has 0 unspecified atom stereocenters. The van der Waals surface area contributed by atoms with Crippen molar-refractivity contribution in [1.82, 2.24) is 0 Å². The van der Waals surface area contributed by atoms with Crippen LogP contribution in [0.25, 0.3) is 0 Å². The number of rotatable bonds is 6. The number of ether oxygens (including phenoxy) is 2. The van der Waals surface area contributed by atoms with Gasteiger partial charge in [0.15, 0.2) is 0 Å². The number of aromatic hydroxyl groups is 1. The third-order valence-electron chi connectivity index (χ3n) is 4.55. The van der Waals surface area contributed by atoms with E-state index in [9.17, 15) is 40.5 Å². The number of nitro benzene ring substituents is 4. The van der Waals surface area contributed by atoms with Crippen LogP contribution in [0.4, 0.5) is 22.7 Å². The van der Waals surface area contributed by atoms with Gasteiger partial charge in [-0.3, -0.25) is 40.5 Å². The van der Waals surface area contributed by atoms with Crippen molar-refractivity contribution in [3.05, 3.63) is 106 Å². The Morgan fingerprint density at radius 1 is 0.568 bits per heavy atom. The minimum atomic E-state index is -0.819. The fourth-order valence-electron chi connectivity index (χ4n) is 2.74. The molecule has 3 aromatic rings. The summed E-state index contributed by atoms with van der Waals surface area (Å²) in [5, 5.41) is 50.4. The van der Waals surface area contributed by atoms with Gasteiger partial charge in [-0.2, -0.15) is 0 Å². The first kappa shape index (κ1) is 29.7. The normalized spacial score (nSPS) is 9.51. The van der Waals surface area contributed by atoms with Crippen molar-refractivity contribution in [3.63, 3.8) is 0 Å². The number of phenols is 1. The van der Waals surface area contributed by atoms with Gasteiger partial charge in [-0.25, -0.2) is 0 Å². The van der Waals surface area contributed by atoms with E-state index in [2.05, 4.69) is 0 Å². The lowest BCUT2D eigenvalue weighted by molar-refractivity contribution is -0.422. The first-order valence-electron chi connectivity index (χ1n) is 10.0. The second kappa shape index (κ2) is 13.5. The van der Waals surface area contributed by atoms with Crippen molar-refractivity contribution < 1.29 is 34.3 Å². The molecule has 0 atom stereocenters. The summed E-state index contributed by atoms with van der Waals surface area (Å²) < 4.78 is 9.62. The number of aryl methyl sites for hydroxylation is 2. The summed E-state index contributed by atoms with van der Waals surface area (Å²) in [7, 11) is 2.85. The fraction of sp³-hybridized carbons (Fsp3) is 0.182. The van der Waals surface area contributed by atoms with E-state index >= 15 is 0 Å². The van der Waals surface area contributed by atoms with E-state index in [1.807, 2.05) is 0 Å². The summed E-state index contributed by atoms with van der Waals surface area (Å²) in [4.78, 5) is 39.0. The molecule has 3 aromatic carbocycles. The molecule has 196 valence electrons. The van der Waals surface area contributed by atoms with E-state index in [1.54, 1.807) is 26.0 Å². The third kappa shape index (κ3) is 8.75. The number of phenolic OH excluding ortho intramolecular Hbond substituents is 1. The monoisotopic (exact) mass is 518 g/mol. The predicted octanol–water partition coefficient (Wildman–Crippen LogP) is 5.03. The highest BCUT2D eigenvalue weighted by atomic mass is 16.6. The molecular formula is C22H22N4O11. The average Bonchev–Trinajstić information content (AvgIpc) is 2.83. The lowest BCUT2D eigenvalue weighted by Crippen LogP contribution is -1.96. The minimum Gasteiger partial charge on any atom is -0.508 e. The van der Waals surface area contributed by atoms with Crippen LogP contribution in [0.3, 0.4) is 0 Å². The Morgan fingerprint density at radius 3 is 1.32 bits per heavy atom. The van der Waals surface area contributed by atoms with Gasteiger partial charge in [-0.05, 0) is 44.2 Å². The largest absolute Gasteiger partial charge is 0.508 e. The molecule has 0 fully saturated rings. The number of methoxy groups -OCH3 is 2. The fourth-order valence-corrected chi connectivity index (χ4v) is 2.74. The Morgan fingerprint density at radius 2 is 0.946 bits per heavy atom. The van der Waals surface area contributed by atoms with E-state index in [-0.39, 0.29) is 22.9 Å². The van der Waals surface area contributed by atoms with Crippen molar-refractivity contribution in [2.24, 2.45) is 0 Å². The topological polar surface area (TPSA) is 211 Å². The smallest absolute Gasteiger partial charge is 0.349 e. The third-order valence-corrected chi connectivity index (χ3v) is 4.55. The summed E-state index contributed by atoms with van der Waals surface area (Å²) >= 11 is 0.